The Balaban J connectivity index is 1.94. The minimum Gasteiger partial charge on any atom is -0.480 e. The lowest BCUT2D eigenvalue weighted by Gasteiger charge is -2.38. The monoisotopic (exact) mass is 339 g/mol. The second kappa shape index (κ2) is 5.95. The Morgan fingerprint density at radius 1 is 1.35 bits per heavy atom. The van der Waals surface area contributed by atoms with Crippen LogP contribution < -0.4 is 5.32 Å². The second-order valence-electron chi connectivity index (χ2n) is 5.45. The Morgan fingerprint density at radius 3 is 2.40 bits per heavy atom. The fourth-order valence-corrected chi connectivity index (χ4v) is 2.69. The highest BCUT2D eigenvalue weighted by molar-refractivity contribution is 9.10. The first-order valence-electron chi connectivity index (χ1n) is 6.73. The molecule has 0 radical (unpaired) electrons. The first-order chi connectivity index (χ1) is 9.43. The highest BCUT2D eigenvalue weighted by Crippen LogP contribution is 2.32. The molecule has 1 aromatic carbocycles. The molecule has 1 atom stereocenters. The zero-order chi connectivity index (χ0) is 14.8. The number of amides is 1. The molecule has 1 aliphatic carbocycles. The van der Waals surface area contributed by atoms with Gasteiger partial charge in [-0.2, -0.15) is 0 Å². The van der Waals surface area contributed by atoms with E-state index in [9.17, 15) is 14.7 Å². The number of rotatable bonds is 5. The molecule has 0 bridgehead atoms. The van der Waals surface area contributed by atoms with E-state index in [1.165, 1.54) is 0 Å². The predicted octanol–water partition coefficient (Wildman–Crippen LogP) is 3.07. The molecule has 1 aromatic rings. The van der Waals surface area contributed by atoms with Crippen LogP contribution in [0.5, 0.6) is 0 Å². The maximum Gasteiger partial charge on any atom is 0.329 e. The average molecular weight is 340 g/mol. The number of hydrogen-bond acceptors (Lipinski definition) is 2. The molecule has 108 valence electrons. The molecular formula is C15H18BrNO3. The number of benzene rings is 1. The van der Waals surface area contributed by atoms with Gasteiger partial charge < -0.3 is 10.4 Å². The molecule has 2 rings (SSSR count). The molecule has 0 aliphatic heterocycles. The smallest absolute Gasteiger partial charge is 0.329 e. The molecule has 1 aliphatic rings. The molecular weight excluding hydrogens is 322 g/mol. The number of carboxylic acid groups (broad SMARTS) is 1. The zero-order valence-corrected chi connectivity index (χ0v) is 12.9. The molecule has 1 saturated carbocycles. The average Bonchev–Trinajstić information content (AvgIpc) is 2.34. The van der Waals surface area contributed by atoms with Crippen LogP contribution in [0.3, 0.4) is 0 Å². The minimum absolute atomic E-state index is 0.0639. The van der Waals surface area contributed by atoms with Crippen LogP contribution in [0.4, 0.5) is 0 Å². The molecule has 1 fully saturated rings. The fourth-order valence-electron chi connectivity index (χ4n) is 2.43. The molecule has 20 heavy (non-hydrogen) atoms. The summed E-state index contributed by atoms with van der Waals surface area (Å²) in [6, 6.07) is 7.82. The van der Waals surface area contributed by atoms with Crippen molar-refractivity contribution in [2.24, 2.45) is 0 Å². The van der Waals surface area contributed by atoms with Gasteiger partial charge in [0.05, 0.1) is 0 Å². The highest BCUT2D eigenvalue weighted by Gasteiger charge is 2.45. The predicted molar refractivity (Wildman–Crippen MR) is 79.5 cm³/mol. The van der Waals surface area contributed by atoms with Crippen molar-refractivity contribution in [3.63, 3.8) is 0 Å². The number of hydrogen-bond donors (Lipinski definition) is 2. The maximum atomic E-state index is 12.0. The van der Waals surface area contributed by atoms with Crippen LogP contribution in [-0.2, 0) is 9.59 Å². The minimum atomic E-state index is -1.02. The van der Waals surface area contributed by atoms with Crippen LogP contribution in [0, 0.1) is 0 Å². The molecule has 0 spiro atoms. The van der Waals surface area contributed by atoms with Crippen molar-refractivity contribution in [3.05, 3.63) is 34.3 Å². The van der Waals surface area contributed by atoms with Gasteiger partial charge in [0.1, 0.15) is 5.54 Å². The number of carbonyl (C=O) groups is 2. The van der Waals surface area contributed by atoms with Crippen molar-refractivity contribution in [2.75, 3.05) is 0 Å². The molecule has 0 heterocycles. The molecule has 4 nitrogen and oxygen atoms in total. The van der Waals surface area contributed by atoms with E-state index >= 15 is 0 Å². The standard InChI is InChI=1S/C15H18BrNO3/c1-10(11-3-5-12(16)6-4-11)9-13(18)17-15(14(19)20)7-2-8-15/h3-6,10H,2,7-9H2,1H3,(H,17,18)(H,19,20). The highest BCUT2D eigenvalue weighted by atomic mass is 79.9. The van der Waals surface area contributed by atoms with Gasteiger partial charge in [-0.25, -0.2) is 4.79 Å². The molecule has 1 unspecified atom stereocenters. The topological polar surface area (TPSA) is 66.4 Å². The maximum absolute atomic E-state index is 12.0. The van der Waals surface area contributed by atoms with Crippen molar-refractivity contribution < 1.29 is 14.7 Å². The third-order valence-electron chi connectivity index (χ3n) is 3.93. The van der Waals surface area contributed by atoms with Gasteiger partial charge in [-0.3, -0.25) is 4.79 Å². The normalized spacial score (nSPS) is 17.9. The fraction of sp³-hybridized carbons (Fsp3) is 0.467. The first-order valence-corrected chi connectivity index (χ1v) is 7.52. The van der Waals surface area contributed by atoms with Crippen molar-refractivity contribution >= 4 is 27.8 Å². The summed E-state index contributed by atoms with van der Waals surface area (Å²) in [6.07, 6.45) is 2.22. The lowest BCUT2D eigenvalue weighted by molar-refractivity contribution is -0.151. The quantitative estimate of drug-likeness (QED) is 0.866. The van der Waals surface area contributed by atoms with Crippen molar-refractivity contribution in [2.45, 2.75) is 44.1 Å². The van der Waals surface area contributed by atoms with E-state index in [4.69, 9.17) is 0 Å². The van der Waals surface area contributed by atoms with E-state index in [-0.39, 0.29) is 11.8 Å². The van der Waals surface area contributed by atoms with Gasteiger partial charge in [-0.1, -0.05) is 35.0 Å². The van der Waals surface area contributed by atoms with Crippen LogP contribution in [0.2, 0.25) is 0 Å². The van der Waals surface area contributed by atoms with Crippen molar-refractivity contribution in [3.8, 4) is 0 Å². The molecule has 5 heteroatoms. The van der Waals surface area contributed by atoms with E-state index in [1.807, 2.05) is 31.2 Å². The Kier molecular flexibility index (Phi) is 4.48. The SMILES string of the molecule is CC(CC(=O)NC1(C(=O)O)CCC1)c1ccc(Br)cc1. The third-order valence-corrected chi connectivity index (χ3v) is 4.45. The summed E-state index contributed by atoms with van der Waals surface area (Å²) in [6.45, 7) is 1.97. The van der Waals surface area contributed by atoms with E-state index < -0.39 is 11.5 Å². The summed E-state index contributed by atoms with van der Waals surface area (Å²) in [5.74, 6) is -1.05. The zero-order valence-electron chi connectivity index (χ0n) is 11.4. The third kappa shape index (κ3) is 3.20. The Morgan fingerprint density at radius 2 is 1.95 bits per heavy atom. The Bertz CT molecular complexity index is 508. The van der Waals surface area contributed by atoms with Crippen LogP contribution >= 0.6 is 15.9 Å². The van der Waals surface area contributed by atoms with E-state index in [0.29, 0.717) is 19.3 Å². The number of halogens is 1. The van der Waals surface area contributed by atoms with Gasteiger partial charge >= 0.3 is 5.97 Å². The Hall–Kier alpha value is -1.36. The molecule has 2 N–H and O–H groups in total. The van der Waals surface area contributed by atoms with Gasteiger partial charge in [0.25, 0.3) is 0 Å². The summed E-state index contributed by atoms with van der Waals surface area (Å²) in [7, 11) is 0. The van der Waals surface area contributed by atoms with E-state index in [0.717, 1.165) is 16.5 Å². The summed E-state index contributed by atoms with van der Waals surface area (Å²) in [4.78, 5) is 23.2. The number of carboxylic acids is 1. The summed E-state index contributed by atoms with van der Waals surface area (Å²) < 4.78 is 0.997. The largest absolute Gasteiger partial charge is 0.480 e. The van der Waals surface area contributed by atoms with Gasteiger partial charge in [-0.05, 0) is 42.9 Å². The molecule has 0 aromatic heterocycles. The number of aliphatic carboxylic acids is 1. The van der Waals surface area contributed by atoms with Crippen LogP contribution in [-0.4, -0.2) is 22.5 Å². The number of carbonyl (C=O) groups excluding carboxylic acids is 1. The van der Waals surface area contributed by atoms with Gasteiger partial charge in [-0.15, -0.1) is 0 Å². The summed E-state index contributed by atoms with van der Waals surface area (Å²) in [5.41, 5.74) is 0.0533. The lowest BCUT2D eigenvalue weighted by atomic mass is 9.76. The first kappa shape index (κ1) is 15.0. The van der Waals surface area contributed by atoms with Gasteiger partial charge in [0.2, 0.25) is 5.91 Å². The van der Waals surface area contributed by atoms with Gasteiger partial charge in [0, 0.05) is 10.9 Å². The van der Waals surface area contributed by atoms with Crippen LogP contribution in [0.1, 0.15) is 44.1 Å². The second-order valence-corrected chi connectivity index (χ2v) is 6.36. The van der Waals surface area contributed by atoms with E-state index in [1.54, 1.807) is 0 Å². The summed E-state index contributed by atoms with van der Waals surface area (Å²) in [5, 5.41) is 11.9. The van der Waals surface area contributed by atoms with Gasteiger partial charge in [0.15, 0.2) is 0 Å². The lowest BCUT2D eigenvalue weighted by Crippen LogP contribution is -2.59. The van der Waals surface area contributed by atoms with Crippen LogP contribution in [0.15, 0.2) is 28.7 Å². The van der Waals surface area contributed by atoms with Crippen molar-refractivity contribution in [1.29, 1.82) is 0 Å². The summed E-state index contributed by atoms with van der Waals surface area (Å²) >= 11 is 3.37. The van der Waals surface area contributed by atoms with E-state index in [2.05, 4.69) is 21.2 Å². The molecule has 1 amide bonds. The number of nitrogens with one attached hydrogen (secondary N) is 1. The van der Waals surface area contributed by atoms with Crippen molar-refractivity contribution in [1.82, 2.24) is 5.32 Å². The molecule has 0 saturated heterocycles. The van der Waals surface area contributed by atoms with Crippen LogP contribution in [0.25, 0.3) is 0 Å². The Labute approximate surface area is 126 Å².